The van der Waals surface area contributed by atoms with E-state index in [4.69, 9.17) is 23.2 Å². The van der Waals surface area contributed by atoms with E-state index in [2.05, 4.69) is 5.10 Å². The minimum Gasteiger partial charge on any atom is -0.480 e. The van der Waals surface area contributed by atoms with Crippen LogP contribution in [0.25, 0.3) is 5.69 Å². The lowest BCUT2D eigenvalue weighted by Gasteiger charge is -2.30. The van der Waals surface area contributed by atoms with E-state index >= 15 is 0 Å². The Labute approximate surface area is 148 Å². The van der Waals surface area contributed by atoms with Gasteiger partial charge in [-0.3, -0.25) is 4.79 Å². The standard InChI is InChI=1S/C16H15Cl2N3O3/c1-16(15(23)24)6-2-7-20(16)14(22)13-5-8-21(19-13)10-3-4-11(17)12(18)9-10/h3-5,8-9H,2,6-7H2,1H3,(H,23,24). The number of hydrogen-bond donors (Lipinski definition) is 1. The normalized spacial score (nSPS) is 20.4. The number of carboxylic acids is 1. The molecule has 24 heavy (non-hydrogen) atoms. The molecule has 2 heterocycles. The Morgan fingerprint density at radius 3 is 2.67 bits per heavy atom. The molecule has 1 unspecified atom stereocenters. The van der Waals surface area contributed by atoms with Crippen LogP contribution in [0.2, 0.25) is 10.0 Å². The van der Waals surface area contributed by atoms with Gasteiger partial charge in [-0.15, -0.1) is 0 Å². The van der Waals surface area contributed by atoms with E-state index in [9.17, 15) is 14.7 Å². The Kier molecular flexibility index (Phi) is 4.27. The van der Waals surface area contributed by atoms with Gasteiger partial charge in [0.15, 0.2) is 5.69 Å². The Balaban J connectivity index is 1.89. The lowest BCUT2D eigenvalue weighted by molar-refractivity contribution is -0.147. The third-order valence-corrected chi connectivity index (χ3v) is 5.06. The Morgan fingerprint density at radius 2 is 2.00 bits per heavy atom. The number of aliphatic carboxylic acids is 1. The monoisotopic (exact) mass is 367 g/mol. The van der Waals surface area contributed by atoms with Crippen LogP contribution < -0.4 is 0 Å². The van der Waals surface area contributed by atoms with E-state index in [1.54, 1.807) is 37.4 Å². The van der Waals surface area contributed by atoms with Crippen LogP contribution in [-0.2, 0) is 4.79 Å². The topological polar surface area (TPSA) is 75.4 Å². The summed E-state index contributed by atoms with van der Waals surface area (Å²) < 4.78 is 1.50. The van der Waals surface area contributed by atoms with Gasteiger partial charge in [-0.05, 0) is 44.0 Å². The molecule has 1 aromatic heterocycles. The minimum absolute atomic E-state index is 0.190. The first-order valence-corrected chi connectivity index (χ1v) is 8.15. The van der Waals surface area contributed by atoms with Crippen molar-refractivity contribution in [1.82, 2.24) is 14.7 Å². The number of rotatable bonds is 3. The number of hydrogen-bond acceptors (Lipinski definition) is 3. The molecule has 6 nitrogen and oxygen atoms in total. The van der Waals surface area contributed by atoms with Crippen LogP contribution in [0, 0.1) is 0 Å². The van der Waals surface area contributed by atoms with Gasteiger partial charge < -0.3 is 10.0 Å². The number of carbonyl (C=O) groups excluding carboxylic acids is 1. The third kappa shape index (κ3) is 2.76. The average Bonchev–Trinajstić information content (AvgIpc) is 3.17. The van der Waals surface area contributed by atoms with Gasteiger partial charge in [-0.25, -0.2) is 9.48 Å². The second kappa shape index (κ2) is 6.11. The van der Waals surface area contributed by atoms with E-state index in [1.807, 2.05) is 0 Å². The first-order valence-electron chi connectivity index (χ1n) is 7.39. The third-order valence-electron chi connectivity index (χ3n) is 4.32. The van der Waals surface area contributed by atoms with E-state index in [1.165, 1.54) is 9.58 Å². The molecule has 8 heteroatoms. The summed E-state index contributed by atoms with van der Waals surface area (Å²) >= 11 is 11.9. The van der Waals surface area contributed by atoms with Crippen molar-refractivity contribution in [3.63, 3.8) is 0 Å². The van der Waals surface area contributed by atoms with E-state index < -0.39 is 17.4 Å². The maximum atomic E-state index is 12.7. The molecule has 3 rings (SSSR count). The molecule has 1 saturated heterocycles. The second-order valence-corrected chi connectivity index (χ2v) is 6.70. The zero-order chi connectivity index (χ0) is 17.5. The fourth-order valence-corrected chi connectivity index (χ4v) is 3.15. The smallest absolute Gasteiger partial charge is 0.329 e. The van der Waals surface area contributed by atoms with Crippen LogP contribution in [0.5, 0.6) is 0 Å². The van der Waals surface area contributed by atoms with Crippen molar-refractivity contribution in [2.24, 2.45) is 0 Å². The van der Waals surface area contributed by atoms with Crippen molar-refractivity contribution in [2.75, 3.05) is 6.54 Å². The first kappa shape index (κ1) is 16.8. The summed E-state index contributed by atoms with van der Waals surface area (Å²) in [6.07, 6.45) is 2.71. The number of nitrogens with zero attached hydrogens (tertiary/aromatic N) is 3. The van der Waals surface area contributed by atoms with Crippen molar-refractivity contribution in [3.8, 4) is 5.69 Å². The summed E-state index contributed by atoms with van der Waals surface area (Å²) in [4.78, 5) is 25.6. The number of aromatic nitrogens is 2. The van der Waals surface area contributed by atoms with Crippen molar-refractivity contribution in [3.05, 3.63) is 46.2 Å². The molecular weight excluding hydrogens is 353 g/mol. The molecule has 0 aliphatic carbocycles. The zero-order valence-corrected chi connectivity index (χ0v) is 14.4. The van der Waals surface area contributed by atoms with Gasteiger partial charge in [0.25, 0.3) is 5.91 Å². The lowest BCUT2D eigenvalue weighted by atomic mass is 9.99. The summed E-state index contributed by atoms with van der Waals surface area (Å²) in [6, 6.07) is 6.57. The summed E-state index contributed by atoms with van der Waals surface area (Å²) in [5.41, 5.74) is -0.342. The predicted molar refractivity (Wildman–Crippen MR) is 89.9 cm³/mol. The van der Waals surface area contributed by atoms with E-state index in [0.717, 1.165) is 0 Å². The molecule has 1 amide bonds. The summed E-state index contributed by atoms with van der Waals surface area (Å²) in [7, 11) is 0. The molecule has 0 saturated carbocycles. The molecule has 1 aliphatic rings. The highest BCUT2D eigenvalue weighted by atomic mass is 35.5. The van der Waals surface area contributed by atoms with Gasteiger partial charge in [-0.1, -0.05) is 23.2 Å². The van der Waals surface area contributed by atoms with Crippen LogP contribution in [0.3, 0.4) is 0 Å². The van der Waals surface area contributed by atoms with Crippen molar-refractivity contribution >= 4 is 35.1 Å². The predicted octanol–water partition coefficient (Wildman–Crippen LogP) is 3.26. The molecule has 0 radical (unpaired) electrons. The number of carbonyl (C=O) groups is 2. The maximum absolute atomic E-state index is 12.7. The summed E-state index contributed by atoms with van der Waals surface area (Å²) in [5.74, 6) is -1.39. The molecule has 1 aromatic carbocycles. The van der Waals surface area contributed by atoms with E-state index in [-0.39, 0.29) is 5.69 Å². The molecule has 1 fully saturated rings. The Bertz CT molecular complexity index is 821. The fourth-order valence-electron chi connectivity index (χ4n) is 2.86. The number of benzene rings is 1. The summed E-state index contributed by atoms with van der Waals surface area (Å²) in [6.45, 7) is 1.97. The lowest BCUT2D eigenvalue weighted by Crippen LogP contribution is -2.50. The second-order valence-electron chi connectivity index (χ2n) is 5.88. The minimum atomic E-state index is -1.19. The largest absolute Gasteiger partial charge is 0.480 e. The molecule has 1 aliphatic heterocycles. The number of amides is 1. The first-order chi connectivity index (χ1) is 11.3. The Morgan fingerprint density at radius 1 is 1.25 bits per heavy atom. The number of halogens is 2. The van der Waals surface area contributed by atoms with Gasteiger partial charge in [0.1, 0.15) is 5.54 Å². The Hall–Kier alpha value is -2.05. The highest BCUT2D eigenvalue weighted by molar-refractivity contribution is 6.42. The van der Waals surface area contributed by atoms with Crippen LogP contribution in [0.15, 0.2) is 30.5 Å². The molecule has 1 N–H and O–H groups in total. The van der Waals surface area contributed by atoms with Gasteiger partial charge >= 0.3 is 5.97 Å². The van der Waals surface area contributed by atoms with Crippen LogP contribution >= 0.6 is 23.2 Å². The molecule has 1 atom stereocenters. The maximum Gasteiger partial charge on any atom is 0.329 e. The summed E-state index contributed by atoms with van der Waals surface area (Å²) in [5, 5.41) is 14.5. The van der Waals surface area contributed by atoms with Crippen LogP contribution in [-0.4, -0.2) is 43.7 Å². The van der Waals surface area contributed by atoms with Crippen LogP contribution in [0.1, 0.15) is 30.3 Å². The fraction of sp³-hybridized carbons (Fsp3) is 0.312. The number of carboxylic acid groups (broad SMARTS) is 1. The van der Waals surface area contributed by atoms with Crippen LogP contribution in [0.4, 0.5) is 0 Å². The molecule has 0 spiro atoms. The highest BCUT2D eigenvalue weighted by Crippen LogP contribution is 2.31. The zero-order valence-electron chi connectivity index (χ0n) is 12.9. The molecule has 2 aromatic rings. The van der Waals surface area contributed by atoms with Crippen molar-refractivity contribution in [2.45, 2.75) is 25.3 Å². The van der Waals surface area contributed by atoms with Gasteiger partial charge in [0.05, 0.1) is 15.7 Å². The van der Waals surface area contributed by atoms with Crippen molar-refractivity contribution < 1.29 is 14.7 Å². The SMILES string of the molecule is CC1(C(=O)O)CCCN1C(=O)c1ccn(-c2ccc(Cl)c(Cl)c2)n1. The van der Waals surface area contributed by atoms with Gasteiger partial charge in [0.2, 0.25) is 0 Å². The van der Waals surface area contributed by atoms with Gasteiger partial charge in [0, 0.05) is 12.7 Å². The van der Waals surface area contributed by atoms with E-state index in [0.29, 0.717) is 35.1 Å². The molecule has 126 valence electrons. The quantitative estimate of drug-likeness (QED) is 0.903. The highest BCUT2D eigenvalue weighted by Gasteiger charge is 2.46. The molecular formula is C16H15Cl2N3O3. The molecule has 0 bridgehead atoms. The number of likely N-dealkylation sites (tertiary alicyclic amines) is 1. The van der Waals surface area contributed by atoms with Crippen molar-refractivity contribution in [1.29, 1.82) is 0 Å². The van der Waals surface area contributed by atoms with Gasteiger partial charge in [-0.2, -0.15) is 5.10 Å². The average molecular weight is 368 g/mol.